The molecule has 18 heavy (non-hydrogen) atoms. The zero-order valence-electron chi connectivity index (χ0n) is 10.9. The zero-order valence-corrected chi connectivity index (χ0v) is 10.9. The van der Waals surface area contributed by atoms with Crippen molar-refractivity contribution in [2.24, 2.45) is 0 Å². The molecule has 0 amide bonds. The van der Waals surface area contributed by atoms with E-state index in [0.717, 1.165) is 25.3 Å². The molecule has 1 fully saturated rings. The molecule has 1 unspecified atom stereocenters. The van der Waals surface area contributed by atoms with Crippen molar-refractivity contribution in [1.82, 2.24) is 9.88 Å². The topological polar surface area (TPSA) is 69.2 Å². The average molecular weight is 245 g/mol. The van der Waals surface area contributed by atoms with Crippen molar-refractivity contribution >= 4 is 11.5 Å². The van der Waals surface area contributed by atoms with Crippen LogP contribution in [0, 0.1) is 11.3 Å². The number of piperidine rings is 1. The van der Waals surface area contributed by atoms with Gasteiger partial charge >= 0.3 is 0 Å². The fourth-order valence-corrected chi connectivity index (χ4v) is 2.38. The van der Waals surface area contributed by atoms with Crippen LogP contribution in [0.2, 0.25) is 0 Å². The molecule has 2 N–H and O–H groups in total. The van der Waals surface area contributed by atoms with Gasteiger partial charge in [0.2, 0.25) is 0 Å². The maximum Gasteiger partial charge on any atom is 0.146 e. The van der Waals surface area contributed by atoms with Gasteiger partial charge in [-0.05, 0) is 33.0 Å². The predicted molar refractivity (Wildman–Crippen MR) is 72.3 cm³/mol. The van der Waals surface area contributed by atoms with Crippen LogP contribution in [0.15, 0.2) is 12.3 Å². The molecule has 0 aromatic carbocycles. The van der Waals surface area contributed by atoms with Crippen molar-refractivity contribution in [2.75, 3.05) is 37.8 Å². The summed E-state index contributed by atoms with van der Waals surface area (Å²) in [5.74, 6) is 0.762. The van der Waals surface area contributed by atoms with Crippen molar-refractivity contribution < 1.29 is 0 Å². The molecule has 1 atom stereocenters. The molecule has 5 heteroatoms. The van der Waals surface area contributed by atoms with Crippen LogP contribution in [0.1, 0.15) is 18.4 Å². The Kier molecular flexibility index (Phi) is 3.68. The van der Waals surface area contributed by atoms with Crippen LogP contribution in [0.3, 0.4) is 0 Å². The van der Waals surface area contributed by atoms with Gasteiger partial charge in [-0.15, -0.1) is 0 Å². The molecule has 0 aliphatic carbocycles. The van der Waals surface area contributed by atoms with Gasteiger partial charge < -0.3 is 15.5 Å². The molecule has 96 valence electrons. The SMILES string of the molecule is CN(C)C1CCCN(c2ncc(N)cc2C#N)C1. The van der Waals surface area contributed by atoms with E-state index < -0.39 is 0 Å². The summed E-state index contributed by atoms with van der Waals surface area (Å²) in [6.07, 6.45) is 3.94. The van der Waals surface area contributed by atoms with Gasteiger partial charge in [0.1, 0.15) is 11.9 Å². The quantitative estimate of drug-likeness (QED) is 0.844. The lowest BCUT2D eigenvalue weighted by Crippen LogP contribution is -2.45. The number of hydrogen-bond donors (Lipinski definition) is 1. The third kappa shape index (κ3) is 2.54. The van der Waals surface area contributed by atoms with Crippen molar-refractivity contribution in [2.45, 2.75) is 18.9 Å². The minimum atomic E-state index is 0.518. The molecule has 5 nitrogen and oxygen atoms in total. The van der Waals surface area contributed by atoms with Crippen LogP contribution in [-0.2, 0) is 0 Å². The fourth-order valence-electron chi connectivity index (χ4n) is 2.38. The van der Waals surface area contributed by atoms with Gasteiger partial charge in [-0.3, -0.25) is 0 Å². The van der Waals surface area contributed by atoms with Crippen LogP contribution in [0.5, 0.6) is 0 Å². The summed E-state index contributed by atoms with van der Waals surface area (Å²) in [5.41, 5.74) is 6.77. The third-order valence-electron chi connectivity index (χ3n) is 3.43. The van der Waals surface area contributed by atoms with Crippen molar-refractivity contribution in [3.05, 3.63) is 17.8 Å². The second kappa shape index (κ2) is 5.23. The summed E-state index contributed by atoms with van der Waals surface area (Å²) in [4.78, 5) is 8.74. The molecule has 0 radical (unpaired) electrons. The van der Waals surface area contributed by atoms with Gasteiger partial charge in [0.15, 0.2) is 0 Å². The van der Waals surface area contributed by atoms with Crippen molar-refractivity contribution in [3.63, 3.8) is 0 Å². The number of nitriles is 1. The first-order valence-electron chi connectivity index (χ1n) is 6.19. The zero-order chi connectivity index (χ0) is 13.1. The number of anilines is 2. The van der Waals surface area contributed by atoms with Crippen molar-refractivity contribution in [1.29, 1.82) is 5.26 Å². The van der Waals surface area contributed by atoms with E-state index in [1.165, 1.54) is 6.42 Å². The van der Waals surface area contributed by atoms with E-state index in [4.69, 9.17) is 11.0 Å². The van der Waals surface area contributed by atoms with Gasteiger partial charge in [-0.25, -0.2) is 4.98 Å². The van der Waals surface area contributed by atoms with Gasteiger partial charge in [0.25, 0.3) is 0 Å². The smallest absolute Gasteiger partial charge is 0.146 e. The average Bonchev–Trinajstić information content (AvgIpc) is 2.38. The van der Waals surface area contributed by atoms with Gasteiger partial charge in [0, 0.05) is 19.1 Å². The van der Waals surface area contributed by atoms with Crippen LogP contribution < -0.4 is 10.6 Å². The molecule has 1 aliphatic rings. The second-order valence-electron chi connectivity index (χ2n) is 4.96. The van der Waals surface area contributed by atoms with Gasteiger partial charge in [0.05, 0.1) is 17.4 Å². The normalized spacial score (nSPS) is 19.9. The van der Waals surface area contributed by atoms with Crippen LogP contribution in [0.4, 0.5) is 11.5 Å². The Morgan fingerprint density at radius 3 is 3.00 bits per heavy atom. The van der Waals surface area contributed by atoms with E-state index in [1.807, 2.05) is 0 Å². The highest BCUT2D eigenvalue weighted by Gasteiger charge is 2.23. The molecule has 0 spiro atoms. The molecule has 1 saturated heterocycles. The van der Waals surface area contributed by atoms with Gasteiger partial charge in [-0.1, -0.05) is 0 Å². The van der Waals surface area contributed by atoms with E-state index in [2.05, 4.69) is 34.9 Å². The molecule has 0 bridgehead atoms. The van der Waals surface area contributed by atoms with Crippen LogP contribution >= 0.6 is 0 Å². The lowest BCUT2D eigenvalue weighted by molar-refractivity contribution is 0.257. The van der Waals surface area contributed by atoms with E-state index >= 15 is 0 Å². The number of nitrogens with zero attached hydrogens (tertiary/aromatic N) is 4. The standard InChI is InChI=1S/C13H19N5/c1-17(2)12-4-3-5-18(9-12)13-10(7-14)6-11(15)8-16-13/h6,8,12H,3-5,9,15H2,1-2H3. The summed E-state index contributed by atoms with van der Waals surface area (Å²) >= 11 is 0. The number of rotatable bonds is 2. The highest BCUT2D eigenvalue weighted by Crippen LogP contribution is 2.24. The number of pyridine rings is 1. The first-order valence-corrected chi connectivity index (χ1v) is 6.19. The Morgan fingerprint density at radius 2 is 2.33 bits per heavy atom. The lowest BCUT2D eigenvalue weighted by Gasteiger charge is -2.37. The Hall–Kier alpha value is -1.80. The first kappa shape index (κ1) is 12.7. The predicted octanol–water partition coefficient (Wildman–Crippen LogP) is 1.07. The molecule has 2 heterocycles. The molecule has 1 aromatic rings. The van der Waals surface area contributed by atoms with E-state index in [0.29, 0.717) is 17.3 Å². The van der Waals surface area contributed by atoms with Crippen molar-refractivity contribution in [3.8, 4) is 6.07 Å². The summed E-state index contributed by atoms with van der Waals surface area (Å²) in [5, 5.41) is 9.17. The Labute approximate surface area is 108 Å². The Morgan fingerprint density at radius 1 is 1.56 bits per heavy atom. The van der Waals surface area contributed by atoms with E-state index in [-0.39, 0.29) is 0 Å². The maximum absolute atomic E-state index is 9.17. The first-order chi connectivity index (χ1) is 8.61. The highest BCUT2D eigenvalue weighted by atomic mass is 15.2. The second-order valence-corrected chi connectivity index (χ2v) is 4.96. The molecule has 1 aromatic heterocycles. The lowest BCUT2D eigenvalue weighted by atomic mass is 10.0. The molecular weight excluding hydrogens is 226 g/mol. The van der Waals surface area contributed by atoms with Crippen LogP contribution in [-0.4, -0.2) is 43.1 Å². The third-order valence-corrected chi connectivity index (χ3v) is 3.43. The number of hydrogen-bond acceptors (Lipinski definition) is 5. The number of aromatic nitrogens is 1. The van der Waals surface area contributed by atoms with E-state index in [9.17, 15) is 0 Å². The largest absolute Gasteiger partial charge is 0.397 e. The van der Waals surface area contributed by atoms with E-state index in [1.54, 1.807) is 12.3 Å². The van der Waals surface area contributed by atoms with Gasteiger partial charge in [-0.2, -0.15) is 5.26 Å². The molecule has 1 aliphatic heterocycles. The van der Waals surface area contributed by atoms with Crippen LogP contribution in [0.25, 0.3) is 0 Å². The summed E-state index contributed by atoms with van der Waals surface area (Å²) in [6.45, 7) is 1.87. The number of nitrogens with two attached hydrogens (primary N) is 1. The summed E-state index contributed by atoms with van der Waals surface area (Å²) < 4.78 is 0. The maximum atomic E-state index is 9.17. The highest BCUT2D eigenvalue weighted by molar-refractivity contribution is 5.59. The summed E-state index contributed by atoms with van der Waals surface area (Å²) in [6, 6.07) is 4.39. The number of nitrogen functional groups attached to an aromatic ring is 1. The Bertz CT molecular complexity index is 463. The molecule has 2 rings (SSSR count). The monoisotopic (exact) mass is 245 g/mol. The summed E-state index contributed by atoms with van der Waals surface area (Å²) in [7, 11) is 4.19. The minimum absolute atomic E-state index is 0.518. The molecule has 0 saturated carbocycles. The number of likely N-dealkylation sites (N-methyl/N-ethyl adjacent to an activating group) is 1. The minimum Gasteiger partial charge on any atom is -0.397 e. The molecular formula is C13H19N5. The fraction of sp³-hybridized carbons (Fsp3) is 0.538. The Balaban J connectivity index is 2.23.